The molecule has 1 N–H and O–H groups in total. The number of hydrogen-bond acceptors (Lipinski definition) is 3. The molecule has 0 spiro atoms. The van der Waals surface area contributed by atoms with Crippen LogP contribution in [0.1, 0.15) is 16.1 Å². The Kier molecular flexibility index (Phi) is 3.89. The van der Waals surface area contributed by atoms with Gasteiger partial charge >= 0.3 is 0 Å². The van der Waals surface area contributed by atoms with Gasteiger partial charge in [0.2, 0.25) is 0 Å². The fourth-order valence-electron chi connectivity index (χ4n) is 1.83. The van der Waals surface area contributed by atoms with Crippen LogP contribution in [0.3, 0.4) is 0 Å². The van der Waals surface area contributed by atoms with E-state index in [4.69, 9.17) is 0 Å². The Balaban J connectivity index is 2.26. The summed E-state index contributed by atoms with van der Waals surface area (Å²) in [6.45, 7) is 1.65. The van der Waals surface area contributed by atoms with Crippen LogP contribution in [0.2, 0.25) is 0 Å². The third-order valence-electron chi connectivity index (χ3n) is 2.87. The Labute approximate surface area is 123 Å². The summed E-state index contributed by atoms with van der Waals surface area (Å²) in [6, 6.07) is 6.27. The molecule has 20 heavy (non-hydrogen) atoms. The number of nitro groups is 1. The van der Waals surface area contributed by atoms with Crippen LogP contribution < -0.4 is 5.32 Å². The highest BCUT2D eigenvalue weighted by atomic mass is 79.9. The van der Waals surface area contributed by atoms with Gasteiger partial charge < -0.3 is 9.88 Å². The fourth-order valence-corrected chi connectivity index (χ4v) is 2.35. The van der Waals surface area contributed by atoms with E-state index >= 15 is 0 Å². The van der Waals surface area contributed by atoms with E-state index in [1.165, 1.54) is 6.07 Å². The molecule has 0 atom stereocenters. The summed E-state index contributed by atoms with van der Waals surface area (Å²) in [5.74, 6) is -0.323. The minimum absolute atomic E-state index is 0.0177. The quantitative estimate of drug-likeness (QED) is 0.689. The van der Waals surface area contributed by atoms with Gasteiger partial charge in [-0.3, -0.25) is 14.9 Å². The van der Waals surface area contributed by atoms with E-state index in [-0.39, 0.29) is 11.6 Å². The van der Waals surface area contributed by atoms with Gasteiger partial charge in [-0.1, -0.05) is 6.07 Å². The summed E-state index contributed by atoms with van der Waals surface area (Å²) in [6.07, 6.45) is 1.76. The van der Waals surface area contributed by atoms with Gasteiger partial charge in [-0.15, -0.1) is 0 Å². The van der Waals surface area contributed by atoms with Crippen LogP contribution in [0.4, 0.5) is 11.4 Å². The zero-order valence-electron chi connectivity index (χ0n) is 10.9. The molecular weight excluding hydrogens is 326 g/mol. The molecule has 1 aromatic heterocycles. The Morgan fingerprint density at radius 1 is 1.40 bits per heavy atom. The average molecular weight is 338 g/mol. The molecule has 6 nitrogen and oxygen atoms in total. The van der Waals surface area contributed by atoms with Gasteiger partial charge in [0, 0.05) is 35.0 Å². The van der Waals surface area contributed by atoms with Crippen molar-refractivity contribution in [3.63, 3.8) is 0 Å². The number of carbonyl (C=O) groups excluding carboxylic acids is 1. The van der Waals surface area contributed by atoms with E-state index in [1.807, 2.05) is 0 Å². The van der Waals surface area contributed by atoms with Crippen molar-refractivity contribution in [2.45, 2.75) is 6.92 Å². The van der Waals surface area contributed by atoms with Crippen molar-refractivity contribution < 1.29 is 9.72 Å². The van der Waals surface area contributed by atoms with E-state index in [9.17, 15) is 14.9 Å². The van der Waals surface area contributed by atoms with Crippen molar-refractivity contribution in [2.24, 2.45) is 7.05 Å². The van der Waals surface area contributed by atoms with E-state index in [1.54, 1.807) is 42.9 Å². The van der Waals surface area contributed by atoms with Crippen molar-refractivity contribution in [2.75, 3.05) is 5.32 Å². The van der Waals surface area contributed by atoms with Crippen molar-refractivity contribution in [1.82, 2.24) is 4.57 Å². The molecule has 0 aliphatic heterocycles. The Hall–Kier alpha value is -2.15. The second kappa shape index (κ2) is 5.46. The topological polar surface area (TPSA) is 77.2 Å². The first kappa shape index (κ1) is 14.3. The average Bonchev–Trinajstić information content (AvgIpc) is 2.70. The number of carbonyl (C=O) groups is 1. The van der Waals surface area contributed by atoms with Crippen LogP contribution in [0.5, 0.6) is 0 Å². The maximum Gasteiger partial charge on any atom is 0.274 e. The zero-order chi connectivity index (χ0) is 14.9. The van der Waals surface area contributed by atoms with Gasteiger partial charge in [0.1, 0.15) is 5.69 Å². The summed E-state index contributed by atoms with van der Waals surface area (Å²) in [4.78, 5) is 22.5. The van der Waals surface area contributed by atoms with Crippen molar-refractivity contribution in [1.29, 1.82) is 0 Å². The Morgan fingerprint density at radius 2 is 2.10 bits per heavy atom. The van der Waals surface area contributed by atoms with Gasteiger partial charge in [0.25, 0.3) is 11.6 Å². The molecule has 0 bridgehead atoms. The molecule has 0 saturated heterocycles. The number of aryl methyl sites for hydroxylation is 2. The SMILES string of the molecule is Cc1ccc(NC(=O)c2cc(Br)cn2C)cc1[N+](=O)[O-]. The number of hydrogen-bond donors (Lipinski definition) is 1. The first-order valence-corrected chi connectivity index (χ1v) is 6.56. The molecule has 0 unspecified atom stereocenters. The first-order chi connectivity index (χ1) is 9.38. The van der Waals surface area contributed by atoms with E-state index in [0.717, 1.165) is 4.47 Å². The number of nitrogens with one attached hydrogen (secondary N) is 1. The van der Waals surface area contributed by atoms with Crippen LogP contribution in [0.15, 0.2) is 34.9 Å². The first-order valence-electron chi connectivity index (χ1n) is 5.76. The van der Waals surface area contributed by atoms with E-state index in [2.05, 4.69) is 21.2 Å². The smallest absolute Gasteiger partial charge is 0.274 e. The Morgan fingerprint density at radius 3 is 2.65 bits per heavy atom. The second-order valence-corrected chi connectivity index (χ2v) is 5.28. The molecule has 0 fully saturated rings. The van der Waals surface area contributed by atoms with E-state index < -0.39 is 4.92 Å². The van der Waals surface area contributed by atoms with Gasteiger partial charge in [0.05, 0.1) is 4.92 Å². The lowest BCUT2D eigenvalue weighted by Crippen LogP contribution is -2.15. The minimum Gasteiger partial charge on any atom is -0.345 e. The van der Waals surface area contributed by atoms with Gasteiger partial charge in [-0.25, -0.2) is 0 Å². The zero-order valence-corrected chi connectivity index (χ0v) is 12.5. The maximum absolute atomic E-state index is 12.1. The number of nitro benzene ring substituents is 1. The number of nitrogens with zero attached hydrogens (tertiary/aromatic N) is 2. The summed E-state index contributed by atoms with van der Waals surface area (Å²) in [7, 11) is 1.75. The lowest BCUT2D eigenvalue weighted by atomic mass is 10.2. The van der Waals surface area contributed by atoms with Crippen LogP contribution in [-0.2, 0) is 7.05 Å². The van der Waals surface area contributed by atoms with Gasteiger partial charge in [-0.05, 0) is 35.0 Å². The summed E-state index contributed by atoms with van der Waals surface area (Å²) in [5.41, 5.74) is 1.38. The number of halogens is 1. The number of benzene rings is 1. The van der Waals surface area contributed by atoms with Crippen LogP contribution in [-0.4, -0.2) is 15.4 Å². The number of aromatic nitrogens is 1. The highest BCUT2D eigenvalue weighted by molar-refractivity contribution is 9.10. The Bertz CT molecular complexity index is 694. The normalized spacial score (nSPS) is 10.3. The highest BCUT2D eigenvalue weighted by Gasteiger charge is 2.15. The summed E-state index contributed by atoms with van der Waals surface area (Å²) >= 11 is 3.29. The third kappa shape index (κ3) is 2.88. The van der Waals surface area contributed by atoms with Crippen molar-refractivity contribution in [3.8, 4) is 0 Å². The maximum atomic E-state index is 12.1. The number of amides is 1. The van der Waals surface area contributed by atoms with Crippen molar-refractivity contribution >= 4 is 33.2 Å². The summed E-state index contributed by atoms with van der Waals surface area (Å²) in [5, 5.41) is 13.5. The molecular formula is C13H12BrN3O3. The molecule has 0 radical (unpaired) electrons. The molecule has 0 aliphatic rings. The van der Waals surface area contributed by atoms with Crippen LogP contribution in [0.25, 0.3) is 0 Å². The lowest BCUT2D eigenvalue weighted by Gasteiger charge is -2.06. The predicted octanol–water partition coefficient (Wildman–Crippen LogP) is 3.26. The molecule has 0 aliphatic carbocycles. The van der Waals surface area contributed by atoms with Crippen LogP contribution in [0, 0.1) is 17.0 Å². The molecule has 7 heteroatoms. The molecule has 0 saturated carbocycles. The van der Waals surface area contributed by atoms with Gasteiger partial charge in [0.15, 0.2) is 0 Å². The van der Waals surface area contributed by atoms with Crippen molar-refractivity contribution in [3.05, 3.63) is 56.3 Å². The molecule has 104 valence electrons. The standard InChI is InChI=1S/C13H12BrN3O3/c1-8-3-4-10(6-11(8)17(19)20)15-13(18)12-5-9(14)7-16(12)2/h3-7H,1-2H3,(H,15,18). The number of rotatable bonds is 3. The largest absolute Gasteiger partial charge is 0.345 e. The van der Waals surface area contributed by atoms with Gasteiger partial charge in [-0.2, -0.15) is 0 Å². The highest BCUT2D eigenvalue weighted by Crippen LogP contribution is 2.23. The van der Waals surface area contributed by atoms with E-state index in [0.29, 0.717) is 16.9 Å². The number of anilines is 1. The molecule has 2 rings (SSSR count). The molecule has 1 heterocycles. The fraction of sp³-hybridized carbons (Fsp3) is 0.154. The lowest BCUT2D eigenvalue weighted by molar-refractivity contribution is -0.385. The second-order valence-electron chi connectivity index (χ2n) is 4.37. The third-order valence-corrected chi connectivity index (χ3v) is 3.30. The molecule has 1 amide bonds. The molecule has 1 aromatic carbocycles. The summed E-state index contributed by atoms with van der Waals surface area (Å²) < 4.78 is 2.46. The van der Waals surface area contributed by atoms with Crippen LogP contribution >= 0.6 is 15.9 Å². The predicted molar refractivity (Wildman–Crippen MR) is 78.9 cm³/mol. The molecule has 2 aromatic rings. The monoisotopic (exact) mass is 337 g/mol. The minimum atomic E-state index is -0.468.